The molecular formula is C9H13ClO3. The van der Waals surface area contributed by atoms with Crippen molar-refractivity contribution in [3.05, 3.63) is 12.2 Å². The third-order valence-corrected chi connectivity index (χ3v) is 3.47. The van der Waals surface area contributed by atoms with E-state index < -0.39 is 17.1 Å². The van der Waals surface area contributed by atoms with Crippen molar-refractivity contribution in [2.45, 2.75) is 36.2 Å². The molecule has 3 nitrogen and oxygen atoms in total. The van der Waals surface area contributed by atoms with E-state index in [-0.39, 0.29) is 12.2 Å². The van der Waals surface area contributed by atoms with E-state index in [1.165, 1.54) is 0 Å². The minimum Gasteiger partial charge on any atom is -0.388 e. The van der Waals surface area contributed by atoms with Gasteiger partial charge in [-0.1, -0.05) is 12.2 Å². The van der Waals surface area contributed by atoms with Crippen molar-refractivity contribution in [1.29, 1.82) is 0 Å². The van der Waals surface area contributed by atoms with E-state index in [4.69, 9.17) is 21.1 Å². The van der Waals surface area contributed by atoms with Gasteiger partial charge >= 0.3 is 0 Å². The summed E-state index contributed by atoms with van der Waals surface area (Å²) in [6, 6.07) is 0. The maximum absolute atomic E-state index is 9.90. The Labute approximate surface area is 82.3 Å². The monoisotopic (exact) mass is 204 g/mol. The highest BCUT2D eigenvalue weighted by molar-refractivity contribution is 6.21. The Kier molecular flexibility index (Phi) is 2.15. The van der Waals surface area contributed by atoms with Crippen LogP contribution < -0.4 is 0 Å². The fourth-order valence-electron chi connectivity index (χ4n) is 1.88. The zero-order chi connectivity index (χ0) is 9.64. The highest BCUT2D eigenvalue weighted by Gasteiger charge is 2.53. The number of fused-ring (bicyclic) bond motifs is 2. The summed E-state index contributed by atoms with van der Waals surface area (Å²) in [5.41, 5.74) is -0.726. The lowest BCUT2D eigenvalue weighted by Crippen LogP contribution is -2.60. The maximum Gasteiger partial charge on any atom is 0.122 e. The Morgan fingerprint density at radius 1 is 1.54 bits per heavy atom. The van der Waals surface area contributed by atoms with Gasteiger partial charge in [-0.2, -0.15) is 0 Å². The van der Waals surface area contributed by atoms with Gasteiger partial charge in [0, 0.05) is 7.11 Å². The molecule has 5 unspecified atom stereocenters. The van der Waals surface area contributed by atoms with Crippen molar-refractivity contribution >= 4 is 11.6 Å². The number of ether oxygens (including phenoxy) is 2. The number of aliphatic hydroxyl groups is 1. The van der Waals surface area contributed by atoms with Gasteiger partial charge in [-0.15, -0.1) is 11.6 Å². The molecule has 2 aliphatic rings. The molecular weight excluding hydrogens is 192 g/mol. The molecule has 1 saturated heterocycles. The summed E-state index contributed by atoms with van der Waals surface area (Å²) >= 11 is 6.02. The standard InChI is InChI=1S/C9H13ClO3/c1-9(12-2)6-4-3-5(13-6)7(10)8(9)11/h3-8,11H,1-2H3. The van der Waals surface area contributed by atoms with Crippen molar-refractivity contribution in [1.82, 2.24) is 0 Å². The minimum atomic E-state index is -0.726. The van der Waals surface area contributed by atoms with Crippen molar-refractivity contribution in [2.24, 2.45) is 0 Å². The normalized spacial score (nSPS) is 54.2. The van der Waals surface area contributed by atoms with Gasteiger partial charge in [-0.25, -0.2) is 0 Å². The van der Waals surface area contributed by atoms with Gasteiger partial charge in [0.15, 0.2) is 0 Å². The molecule has 1 N–H and O–H groups in total. The second-order valence-electron chi connectivity index (χ2n) is 3.68. The average molecular weight is 205 g/mol. The van der Waals surface area contributed by atoms with Crippen LogP contribution in [0.5, 0.6) is 0 Å². The molecule has 0 saturated carbocycles. The molecule has 0 aromatic rings. The van der Waals surface area contributed by atoms with Crippen molar-refractivity contribution in [3.8, 4) is 0 Å². The second-order valence-corrected chi connectivity index (χ2v) is 4.19. The molecule has 2 bridgehead atoms. The van der Waals surface area contributed by atoms with Gasteiger partial charge in [0.2, 0.25) is 0 Å². The number of methoxy groups -OCH3 is 1. The first kappa shape index (κ1) is 9.46. The van der Waals surface area contributed by atoms with E-state index in [0.29, 0.717) is 0 Å². The summed E-state index contributed by atoms with van der Waals surface area (Å²) in [6.45, 7) is 1.81. The SMILES string of the molecule is COC1(C)C2C=CC(O2)C(Cl)C1O. The largest absolute Gasteiger partial charge is 0.388 e. The van der Waals surface area contributed by atoms with Crippen LogP contribution in [0, 0.1) is 0 Å². The maximum atomic E-state index is 9.90. The van der Waals surface area contributed by atoms with Crippen molar-refractivity contribution < 1.29 is 14.6 Å². The molecule has 0 amide bonds. The van der Waals surface area contributed by atoms with Crippen LogP contribution in [0.1, 0.15) is 6.92 Å². The highest BCUT2D eigenvalue weighted by atomic mass is 35.5. The van der Waals surface area contributed by atoms with Crippen LogP contribution in [0.3, 0.4) is 0 Å². The number of hydrogen-bond donors (Lipinski definition) is 1. The molecule has 74 valence electrons. The summed E-state index contributed by atoms with van der Waals surface area (Å²) in [5, 5.41) is 9.47. The first-order chi connectivity index (χ1) is 6.09. The van der Waals surface area contributed by atoms with Gasteiger partial charge in [-0.05, 0) is 6.92 Å². The summed E-state index contributed by atoms with van der Waals surface area (Å²) in [7, 11) is 1.56. The topological polar surface area (TPSA) is 38.7 Å². The molecule has 13 heavy (non-hydrogen) atoms. The first-order valence-corrected chi connectivity index (χ1v) is 4.74. The van der Waals surface area contributed by atoms with Crippen molar-refractivity contribution in [2.75, 3.05) is 7.11 Å². The fraction of sp³-hybridized carbons (Fsp3) is 0.778. The van der Waals surface area contributed by atoms with Gasteiger partial charge < -0.3 is 14.6 Å². The van der Waals surface area contributed by atoms with Crippen LogP contribution >= 0.6 is 11.6 Å². The Morgan fingerprint density at radius 2 is 2.23 bits per heavy atom. The summed E-state index contributed by atoms with van der Waals surface area (Å²) in [4.78, 5) is 0. The molecule has 0 aromatic heterocycles. The van der Waals surface area contributed by atoms with Crippen LogP contribution in [-0.2, 0) is 9.47 Å². The van der Waals surface area contributed by atoms with Gasteiger partial charge in [0.1, 0.15) is 17.8 Å². The van der Waals surface area contributed by atoms with E-state index in [0.717, 1.165) is 0 Å². The first-order valence-electron chi connectivity index (χ1n) is 4.30. The van der Waals surface area contributed by atoms with Gasteiger partial charge in [0.25, 0.3) is 0 Å². The third-order valence-electron chi connectivity index (χ3n) is 2.99. The molecule has 2 heterocycles. The minimum absolute atomic E-state index is 0.176. The highest BCUT2D eigenvalue weighted by Crippen LogP contribution is 2.39. The summed E-state index contributed by atoms with van der Waals surface area (Å²) in [5.74, 6) is 0. The van der Waals surface area contributed by atoms with Crippen LogP contribution in [0.15, 0.2) is 12.2 Å². The molecule has 2 aliphatic heterocycles. The second kappa shape index (κ2) is 2.95. The van der Waals surface area contributed by atoms with Crippen LogP contribution in [0.25, 0.3) is 0 Å². The van der Waals surface area contributed by atoms with Crippen LogP contribution in [0.2, 0.25) is 0 Å². The molecule has 4 heteroatoms. The zero-order valence-corrected chi connectivity index (χ0v) is 8.36. The lowest BCUT2D eigenvalue weighted by molar-refractivity contribution is -0.196. The Hall–Kier alpha value is -0.0900. The van der Waals surface area contributed by atoms with E-state index in [2.05, 4.69) is 0 Å². The lowest BCUT2D eigenvalue weighted by Gasteiger charge is -2.44. The number of hydrogen-bond acceptors (Lipinski definition) is 3. The smallest absolute Gasteiger partial charge is 0.122 e. The number of rotatable bonds is 1. The molecule has 0 aromatic carbocycles. The summed E-state index contributed by atoms with van der Waals surface area (Å²) in [6.07, 6.45) is 2.73. The molecule has 2 rings (SSSR count). The van der Waals surface area contributed by atoms with E-state index in [1.54, 1.807) is 7.11 Å². The molecule has 5 atom stereocenters. The lowest BCUT2D eigenvalue weighted by atomic mass is 9.88. The third kappa shape index (κ3) is 1.15. The Bertz CT molecular complexity index is 243. The van der Waals surface area contributed by atoms with Crippen LogP contribution in [0.4, 0.5) is 0 Å². The number of halogens is 1. The Morgan fingerprint density at radius 3 is 2.85 bits per heavy atom. The summed E-state index contributed by atoms with van der Waals surface area (Å²) < 4.78 is 10.8. The van der Waals surface area contributed by atoms with E-state index in [1.807, 2.05) is 19.1 Å². The molecule has 1 fully saturated rings. The number of alkyl halides is 1. The predicted octanol–water partition coefficient (Wildman–Crippen LogP) is 0.697. The predicted molar refractivity (Wildman–Crippen MR) is 48.9 cm³/mol. The fourth-order valence-corrected chi connectivity index (χ4v) is 2.27. The van der Waals surface area contributed by atoms with Gasteiger partial charge in [0.05, 0.1) is 11.5 Å². The van der Waals surface area contributed by atoms with Crippen molar-refractivity contribution in [3.63, 3.8) is 0 Å². The van der Waals surface area contributed by atoms with Gasteiger partial charge in [-0.3, -0.25) is 0 Å². The average Bonchev–Trinajstić information content (AvgIpc) is 2.59. The molecule has 0 radical (unpaired) electrons. The Balaban J connectivity index is 2.32. The molecule has 0 spiro atoms. The van der Waals surface area contributed by atoms with Crippen LogP contribution in [-0.4, -0.2) is 41.5 Å². The zero-order valence-electron chi connectivity index (χ0n) is 7.61. The quantitative estimate of drug-likeness (QED) is 0.505. The number of aliphatic hydroxyl groups excluding tert-OH is 1. The van der Waals surface area contributed by atoms with E-state index >= 15 is 0 Å². The molecule has 0 aliphatic carbocycles. The van der Waals surface area contributed by atoms with E-state index in [9.17, 15) is 5.11 Å².